The SMILES string of the molecule is CCC[CH2][Zr+3][C]1=CC=CC1.[Cl-].[Cl-].[Cl-]. The molecule has 0 atom stereocenters. The monoisotopic (exact) mass is 317 g/mol. The van der Waals surface area contributed by atoms with Crippen LogP contribution < -0.4 is 37.2 Å². The number of hydrogen-bond donors (Lipinski definition) is 0. The van der Waals surface area contributed by atoms with Crippen molar-refractivity contribution in [1.29, 1.82) is 0 Å². The molecule has 0 spiro atoms. The zero-order valence-electron chi connectivity index (χ0n) is 7.69. The third-order valence-corrected chi connectivity index (χ3v) is 5.16. The van der Waals surface area contributed by atoms with Gasteiger partial charge in [0.05, 0.1) is 0 Å². The first-order valence-corrected chi connectivity index (χ1v) is 6.99. The van der Waals surface area contributed by atoms with Crippen molar-refractivity contribution in [3.8, 4) is 0 Å². The van der Waals surface area contributed by atoms with Crippen LogP contribution in [0.4, 0.5) is 0 Å². The van der Waals surface area contributed by atoms with Crippen molar-refractivity contribution in [3.05, 3.63) is 21.5 Å². The third kappa shape index (κ3) is 9.54. The summed E-state index contributed by atoms with van der Waals surface area (Å²) in [5.41, 5.74) is 0. The van der Waals surface area contributed by atoms with Crippen molar-refractivity contribution >= 4 is 0 Å². The molecule has 0 radical (unpaired) electrons. The van der Waals surface area contributed by atoms with E-state index >= 15 is 0 Å². The average molecular weight is 320 g/mol. The summed E-state index contributed by atoms with van der Waals surface area (Å²) in [5.74, 6) is 0. The Labute approximate surface area is 111 Å². The summed E-state index contributed by atoms with van der Waals surface area (Å²) in [6.45, 7) is 2.28. The number of unbranched alkanes of at least 4 members (excludes halogenated alkanes) is 1. The largest absolute Gasteiger partial charge is 1.00 e. The topological polar surface area (TPSA) is 0 Å². The Balaban J connectivity index is -0.000000333. The summed E-state index contributed by atoms with van der Waals surface area (Å²) < 4.78 is 3.34. The maximum atomic E-state index is 2.34. The molecule has 0 aromatic heterocycles. The van der Waals surface area contributed by atoms with E-state index in [1.54, 1.807) is 7.41 Å². The Hall–Kier alpha value is 1.23. The van der Waals surface area contributed by atoms with Crippen molar-refractivity contribution in [3.63, 3.8) is 0 Å². The molecule has 0 unspecified atom stereocenters. The van der Waals surface area contributed by atoms with Gasteiger partial charge >= 0.3 is 75.1 Å². The van der Waals surface area contributed by atoms with Crippen LogP contribution in [0, 0.1) is 0 Å². The molecule has 0 N–H and O–H groups in total. The standard InChI is InChI=1S/C5H5.C4H9.3ClH.Zr/c1-2-4-5-3-1;1-3-4-2;;;;/h1-3H,4H2;1,3-4H2,2H3;3*1H;/q;;;;;+3/p-3. The van der Waals surface area contributed by atoms with Gasteiger partial charge in [-0.2, -0.15) is 0 Å². The normalized spacial score (nSPS) is 11.6. The molecule has 0 heterocycles. The first-order valence-electron chi connectivity index (χ1n) is 4.03. The molecule has 0 saturated heterocycles. The molecule has 0 aliphatic heterocycles. The molecule has 1 aliphatic rings. The molecular weight excluding hydrogens is 306 g/mol. The van der Waals surface area contributed by atoms with Crippen molar-refractivity contribution < 1.29 is 60.5 Å². The Morgan fingerprint density at radius 3 is 2.46 bits per heavy atom. The van der Waals surface area contributed by atoms with Gasteiger partial charge in [0.1, 0.15) is 0 Å². The maximum absolute atomic E-state index is 2.34. The minimum Gasteiger partial charge on any atom is -1.00 e. The fraction of sp³-hybridized carbons (Fsp3) is 0.556. The van der Waals surface area contributed by atoms with Gasteiger partial charge in [-0.15, -0.1) is 0 Å². The smallest absolute Gasteiger partial charge is 1.00 e. The quantitative estimate of drug-likeness (QED) is 0.453. The third-order valence-electron chi connectivity index (χ3n) is 1.65. The minimum absolute atomic E-state index is 0. The van der Waals surface area contributed by atoms with Crippen molar-refractivity contribution in [2.24, 2.45) is 0 Å². The molecule has 0 bridgehead atoms. The zero-order chi connectivity index (χ0) is 7.23. The van der Waals surface area contributed by atoms with E-state index in [4.69, 9.17) is 0 Å². The van der Waals surface area contributed by atoms with Crippen LogP contribution in [0.5, 0.6) is 0 Å². The van der Waals surface area contributed by atoms with Gasteiger partial charge in [0.15, 0.2) is 0 Å². The Kier molecular flexibility index (Phi) is 20.1. The fourth-order valence-corrected chi connectivity index (χ4v) is 4.27. The summed E-state index contributed by atoms with van der Waals surface area (Å²) in [4.78, 5) is 0. The minimum atomic E-state index is -0.0811. The Bertz CT molecular complexity index is 155. The van der Waals surface area contributed by atoms with Gasteiger partial charge in [0.25, 0.3) is 0 Å². The predicted molar refractivity (Wildman–Crippen MR) is 41.6 cm³/mol. The number of hydrogen-bond acceptors (Lipinski definition) is 0. The van der Waals surface area contributed by atoms with E-state index in [0.29, 0.717) is 0 Å². The molecule has 13 heavy (non-hydrogen) atoms. The number of halogens is 3. The first kappa shape index (κ1) is 19.8. The van der Waals surface area contributed by atoms with Crippen LogP contribution in [0.1, 0.15) is 26.2 Å². The molecule has 1 aliphatic carbocycles. The van der Waals surface area contributed by atoms with Crippen LogP contribution >= 0.6 is 0 Å². The van der Waals surface area contributed by atoms with Gasteiger partial charge in [-0.05, 0) is 0 Å². The zero-order valence-corrected chi connectivity index (χ0v) is 12.4. The number of rotatable bonds is 4. The van der Waals surface area contributed by atoms with E-state index in [1.165, 1.54) is 19.3 Å². The molecule has 0 amide bonds. The molecule has 0 aromatic carbocycles. The van der Waals surface area contributed by atoms with Gasteiger partial charge < -0.3 is 37.2 Å². The van der Waals surface area contributed by atoms with Crippen LogP contribution in [-0.4, -0.2) is 0 Å². The van der Waals surface area contributed by atoms with Crippen LogP contribution in [-0.2, 0) is 23.2 Å². The summed E-state index contributed by atoms with van der Waals surface area (Å²) in [5, 5.41) is 0. The van der Waals surface area contributed by atoms with Gasteiger partial charge in [-0.1, -0.05) is 0 Å². The first-order chi connectivity index (χ1) is 4.93. The molecule has 4 heteroatoms. The predicted octanol–water partition coefficient (Wildman–Crippen LogP) is -5.86. The van der Waals surface area contributed by atoms with E-state index in [0.717, 1.165) is 0 Å². The van der Waals surface area contributed by atoms with E-state index in [2.05, 4.69) is 25.2 Å². The summed E-state index contributed by atoms with van der Waals surface area (Å²) in [6.07, 6.45) is 11.0. The van der Waals surface area contributed by atoms with Crippen LogP contribution in [0.15, 0.2) is 21.5 Å². The second-order valence-electron chi connectivity index (χ2n) is 2.60. The second kappa shape index (κ2) is 13.2. The van der Waals surface area contributed by atoms with Crippen LogP contribution in [0.25, 0.3) is 0 Å². The van der Waals surface area contributed by atoms with Gasteiger partial charge in [-0.25, -0.2) is 0 Å². The summed E-state index contributed by atoms with van der Waals surface area (Å²) in [7, 11) is 0. The van der Waals surface area contributed by atoms with E-state index in [1.807, 2.05) is 0 Å². The molecule has 75 valence electrons. The molecule has 0 nitrogen and oxygen atoms in total. The summed E-state index contributed by atoms with van der Waals surface area (Å²) in [6, 6.07) is 0. The van der Waals surface area contributed by atoms with Crippen molar-refractivity contribution in [2.75, 3.05) is 0 Å². The van der Waals surface area contributed by atoms with Crippen molar-refractivity contribution in [1.82, 2.24) is 0 Å². The number of allylic oxidation sites excluding steroid dienone is 4. The molecule has 0 saturated carbocycles. The van der Waals surface area contributed by atoms with Crippen molar-refractivity contribution in [2.45, 2.75) is 30.3 Å². The van der Waals surface area contributed by atoms with E-state index < -0.39 is 0 Å². The molecule has 1 rings (SSSR count). The van der Waals surface area contributed by atoms with Crippen LogP contribution in [0.3, 0.4) is 0 Å². The Morgan fingerprint density at radius 2 is 2.00 bits per heavy atom. The summed E-state index contributed by atoms with van der Waals surface area (Å²) >= 11 is -0.0811. The molecule has 0 aromatic rings. The van der Waals surface area contributed by atoms with Gasteiger partial charge in [0.2, 0.25) is 0 Å². The van der Waals surface area contributed by atoms with Gasteiger partial charge in [0, 0.05) is 0 Å². The van der Waals surface area contributed by atoms with E-state index in [9.17, 15) is 0 Å². The Morgan fingerprint density at radius 1 is 1.31 bits per heavy atom. The van der Waals surface area contributed by atoms with Gasteiger partial charge in [-0.3, -0.25) is 0 Å². The average Bonchev–Trinajstić information content (AvgIpc) is 2.41. The second-order valence-corrected chi connectivity index (χ2v) is 6.28. The van der Waals surface area contributed by atoms with E-state index in [-0.39, 0.29) is 60.5 Å². The van der Waals surface area contributed by atoms with Crippen LogP contribution in [0.2, 0.25) is 4.13 Å². The molecular formula is C9H14Cl3Zr. The fourth-order valence-electron chi connectivity index (χ4n) is 1.00. The maximum Gasteiger partial charge on any atom is -1.00 e. The molecule has 0 fully saturated rings.